The molecular formula is C14H15ClN2O2. The number of carbonyl (C=O) groups excluding carboxylic acids is 1. The lowest BCUT2D eigenvalue weighted by molar-refractivity contribution is -0.127. The molecule has 2 aromatic rings. The second kappa shape index (κ2) is 5.21. The first-order valence-corrected chi connectivity index (χ1v) is 6.92. The molecular weight excluding hydrogens is 264 g/mol. The number of amides is 1. The van der Waals surface area contributed by atoms with Crippen molar-refractivity contribution in [3.05, 3.63) is 29.2 Å². The third-order valence-electron chi connectivity index (χ3n) is 3.70. The molecule has 5 heteroatoms. The average molecular weight is 279 g/mol. The minimum atomic E-state index is 0.179. The minimum absolute atomic E-state index is 0.179. The zero-order chi connectivity index (χ0) is 13.2. The Morgan fingerprint density at radius 1 is 1.53 bits per heavy atom. The van der Waals surface area contributed by atoms with Crippen molar-refractivity contribution in [2.45, 2.75) is 25.7 Å². The van der Waals surface area contributed by atoms with Gasteiger partial charge in [-0.1, -0.05) is 18.0 Å². The first-order chi connectivity index (χ1) is 9.25. The molecule has 0 aromatic carbocycles. The number of nitrogens with zero attached hydrogens (tertiary/aromatic N) is 1. The van der Waals surface area contributed by atoms with E-state index in [0.717, 1.165) is 30.2 Å². The molecule has 0 radical (unpaired) electrons. The Labute approximate surface area is 116 Å². The van der Waals surface area contributed by atoms with Gasteiger partial charge in [-0.15, -0.1) is 0 Å². The third kappa shape index (κ3) is 2.45. The Hall–Kier alpha value is -1.55. The van der Waals surface area contributed by atoms with Crippen LogP contribution in [0.4, 0.5) is 0 Å². The van der Waals surface area contributed by atoms with Gasteiger partial charge in [0, 0.05) is 29.6 Å². The smallest absolute Gasteiger partial charge is 0.223 e. The van der Waals surface area contributed by atoms with E-state index < -0.39 is 0 Å². The lowest BCUT2D eigenvalue weighted by atomic mass is 9.85. The monoisotopic (exact) mass is 278 g/mol. The third-order valence-corrected chi connectivity index (χ3v) is 3.96. The molecule has 2 heterocycles. The van der Waals surface area contributed by atoms with Crippen molar-refractivity contribution < 1.29 is 9.21 Å². The fraction of sp³-hybridized carbons (Fsp3) is 0.429. The van der Waals surface area contributed by atoms with Crippen LogP contribution in [-0.4, -0.2) is 17.4 Å². The second-order valence-corrected chi connectivity index (χ2v) is 5.27. The van der Waals surface area contributed by atoms with Crippen LogP contribution in [0.15, 0.2) is 22.9 Å². The molecule has 19 heavy (non-hydrogen) atoms. The molecule has 1 aliphatic carbocycles. The van der Waals surface area contributed by atoms with Crippen molar-refractivity contribution in [2.24, 2.45) is 5.92 Å². The number of halogens is 1. The number of fused-ring (bicyclic) bond motifs is 1. The van der Waals surface area contributed by atoms with E-state index in [1.54, 1.807) is 12.5 Å². The van der Waals surface area contributed by atoms with E-state index in [-0.39, 0.29) is 11.8 Å². The molecule has 1 saturated carbocycles. The normalized spacial score (nSPS) is 15.4. The summed E-state index contributed by atoms with van der Waals surface area (Å²) in [6.07, 6.45) is 7.33. The van der Waals surface area contributed by atoms with Crippen LogP contribution in [0.3, 0.4) is 0 Å². The minimum Gasteiger partial charge on any atom is -0.461 e. The highest BCUT2D eigenvalue weighted by Crippen LogP contribution is 2.27. The van der Waals surface area contributed by atoms with Crippen molar-refractivity contribution in [3.63, 3.8) is 0 Å². The summed E-state index contributed by atoms with van der Waals surface area (Å²) >= 11 is 5.95. The van der Waals surface area contributed by atoms with Gasteiger partial charge in [-0.25, -0.2) is 4.98 Å². The number of rotatable bonds is 4. The molecule has 3 rings (SSSR count). The molecule has 0 bridgehead atoms. The van der Waals surface area contributed by atoms with Gasteiger partial charge in [0.05, 0.1) is 6.26 Å². The van der Waals surface area contributed by atoms with E-state index in [2.05, 4.69) is 10.3 Å². The number of hydrogen-bond acceptors (Lipinski definition) is 3. The molecule has 0 aliphatic heterocycles. The number of pyridine rings is 1. The van der Waals surface area contributed by atoms with E-state index in [9.17, 15) is 4.79 Å². The number of nitrogens with one attached hydrogen (secondary N) is 1. The number of carbonyl (C=O) groups is 1. The summed E-state index contributed by atoms with van der Waals surface area (Å²) in [5.74, 6) is 0.415. The van der Waals surface area contributed by atoms with Crippen molar-refractivity contribution in [1.82, 2.24) is 10.3 Å². The quantitative estimate of drug-likeness (QED) is 0.875. The topological polar surface area (TPSA) is 55.1 Å². The predicted molar refractivity (Wildman–Crippen MR) is 73.1 cm³/mol. The molecule has 1 amide bonds. The zero-order valence-corrected chi connectivity index (χ0v) is 11.2. The van der Waals surface area contributed by atoms with E-state index in [0.29, 0.717) is 17.3 Å². The van der Waals surface area contributed by atoms with Gasteiger partial charge in [-0.05, 0) is 25.3 Å². The Morgan fingerprint density at radius 2 is 2.37 bits per heavy atom. The van der Waals surface area contributed by atoms with Crippen LogP contribution in [0.5, 0.6) is 0 Å². The van der Waals surface area contributed by atoms with E-state index >= 15 is 0 Å². The van der Waals surface area contributed by atoms with Gasteiger partial charge >= 0.3 is 0 Å². The van der Waals surface area contributed by atoms with Crippen LogP contribution in [0.1, 0.15) is 24.8 Å². The molecule has 100 valence electrons. The average Bonchev–Trinajstić information content (AvgIpc) is 2.72. The maximum atomic E-state index is 11.7. The lowest BCUT2D eigenvalue weighted by Gasteiger charge is -2.23. The molecule has 0 spiro atoms. The van der Waals surface area contributed by atoms with E-state index in [4.69, 9.17) is 16.0 Å². The number of furan rings is 1. The summed E-state index contributed by atoms with van der Waals surface area (Å²) in [5, 5.41) is 4.32. The van der Waals surface area contributed by atoms with Gasteiger partial charge in [0.15, 0.2) is 10.7 Å². The van der Waals surface area contributed by atoms with Gasteiger partial charge in [0.1, 0.15) is 0 Å². The van der Waals surface area contributed by atoms with Crippen LogP contribution in [-0.2, 0) is 11.2 Å². The fourth-order valence-electron chi connectivity index (χ4n) is 2.31. The van der Waals surface area contributed by atoms with Gasteiger partial charge in [0.25, 0.3) is 0 Å². The van der Waals surface area contributed by atoms with Crippen LogP contribution in [0.25, 0.3) is 11.0 Å². The summed E-state index contributed by atoms with van der Waals surface area (Å²) in [7, 11) is 0. The molecule has 0 saturated heterocycles. The SMILES string of the molecule is O=C(NCCc1coc2c(Cl)nccc12)C1CCC1. The molecule has 0 atom stereocenters. The maximum absolute atomic E-state index is 11.7. The van der Waals surface area contributed by atoms with E-state index in [1.807, 2.05) is 6.07 Å². The summed E-state index contributed by atoms with van der Waals surface area (Å²) in [5.41, 5.74) is 1.66. The van der Waals surface area contributed by atoms with Crippen LogP contribution in [0, 0.1) is 5.92 Å². The first-order valence-electron chi connectivity index (χ1n) is 6.54. The van der Waals surface area contributed by atoms with E-state index in [1.165, 1.54) is 6.42 Å². The van der Waals surface area contributed by atoms with Crippen LogP contribution < -0.4 is 5.32 Å². The number of aromatic nitrogens is 1. The van der Waals surface area contributed by atoms with Gasteiger partial charge in [-0.2, -0.15) is 0 Å². The fourth-order valence-corrected chi connectivity index (χ4v) is 2.51. The zero-order valence-electron chi connectivity index (χ0n) is 10.5. The van der Waals surface area contributed by atoms with Gasteiger partial charge < -0.3 is 9.73 Å². The largest absolute Gasteiger partial charge is 0.461 e. The highest BCUT2D eigenvalue weighted by atomic mass is 35.5. The molecule has 4 nitrogen and oxygen atoms in total. The molecule has 2 aromatic heterocycles. The number of hydrogen-bond donors (Lipinski definition) is 1. The van der Waals surface area contributed by atoms with Crippen molar-refractivity contribution in [3.8, 4) is 0 Å². The highest BCUT2D eigenvalue weighted by molar-refractivity contribution is 6.33. The summed E-state index contributed by atoms with van der Waals surface area (Å²) < 4.78 is 5.41. The molecule has 1 aliphatic rings. The Bertz CT molecular complexity index is 605. The highest BCUT2D eigenvalue weighted by Gasteiger charge is 2.24. The Kier molecular flexibility index (Phi) is 3.42. The van der Waals surface area contributed by atoms with Crippen molar-refractivity contribution >= 4 is 28.5 Å². The predicted octanol–water partition coefficient (Wildman–Crippen LogP) is 2.94. The lowest BCUT2D eigenvalue weighted by Crippen LogP contribution is -2.35. The second-order valence-electron chi connectivity index (χ2n) is 4.91. The molecule has 1 N–H and O–H groups in total. The van der Waals surface area contributed by atoms with Gasteiger partial charge in [-0.3, -0.25) is 4.79 Å². The van der Waals surface area contributed by atoms with Crippen molar-refractivity contribution in [2.75, 3.05) is 6.54 Å². The standard InChI is InChI=1S/C14H15ClN2O2/c15-13-12-11(5-7-16-13)10(8-19-12)4-6-17-14(18)9-2-1-3-9/h5,7-9H,1-4,6H2,(H,17,18). The van der Waals surface area contributed by atoms with Gasteiger partial charge in [0.2, 0.25) is 5.91 Å². The summed E-state index contributed by atoms with van der Waals surface area (Å²) in [4.78, 5) is 15.7. The van der Waals surface area contributed by atoms with Crippen LogP contribution in [0.2, 0.25) is 5.15 Å². The first kappa shape index (κ1) is 12.5. The maximum Gasteiger partial charge on any atom is 0.223 e. The summed E-state index contributed by atoms with van der Waals surface area (Å²) in [6, 6.07) is 1.88. The molecule has 0 unspecified atom stereocenters. The Balaban J connectivity index is 1.62. The summed E-state index contributed by atoms with van der Waals surface area (Å²) in [6.45, 7) is 0.629. The molecule has 1 fully saturated rings. The van der Waals surface area contributed by atoms with Crippen molar-refractivity contribution in [1.29, 1.82) is 0 Å². The van der Waals surface area contributed by atoms with Crippen LogP contribution >= 0.6 is 11.6 Å². The Morgan fingerprint density at radius 3 is 3.11 bits per heavy atom.